The lowest BCUT2D eigenvalue weighted by Crippen LogP contribution is -2.17. The Balaban J connectivity index is 2.48. The maximum atomic E-state index is 13.7. The summed E-state index contributed by atoms with van der Waals surface area (Å²) in [5, 5.41) is 0. The van der Waals surface area contributed by atoms with Gasteiger partial charge in [-0.3, -0.25) is 9.52 Å². The van der Waals surface area contributed by atoms with E-state index in [1.807, 2.05) is 4.72 Å². The first-order chi connectivity index (χ1) is 10.6. The lowest BCUT2D eigenvalue weighted by Gasteiger charge is -2.12. The van der Waals surface area contributed by atoms with E-state index in [0.29, 0.717) is 12.1 Å². The summed E-state index contributed by atoms with van der Waals surface area (Å²) in [6, 6.07) is 3.91. The number of halogens is 3. The highest BCUT2D eigenvalue weighted by Crippen LogP contribution is 2.24. The van der Waals surface area contributed by atoms with Crippen LogP contribution in [0.4, 0.5) is 18.9 Å². The highest BCUT2D eigenvalue weighted by molar-refractivity contribution is 7.92. The average Bonchev–Trinajstić information content (AvgIpc) is 2.46. The molecule has 0 radical (unpaired) electrons. The molecule has 0 aliphatic rings. The van der Waals surface area contributed by atoms with Crippen LogP contribution in [0, 0.1) is 24.4 Å². The molecule has 0 saturated carbocycles. The maximum absolute atomic E-state index is 13.7. The number of carbonyl (C=O) groups is 1. The lowest BCUT2D eigenvalue weighted by molar-refractivity contribution is 0.1000. The number of rotatable bonds is 4. The van der Waals surface area contributed by atoms with Crippen molar-refractivity contribution in [1.29, 1.82) is 0 Å². The van der Waals surface area contributed by atoms with Crippen LogP contribution in [0.2, 0.25) is 0 Å². The molecule has 1 amide bonds. The quantitative estimate of drug-likeness (QED) is 0.892. The molecule has 0 aliphatic heterocycles. The number of sulfonamides is 1. The molecule has 0 unspecified atom stereocenters. The number of hydrogen-bond acceptors (Lipinski definition) is 3. The molecule has 0 heterocycles. The minimum absolute atomic E-state index is 0.0823. The summed E-state index contributed by atoms with van der Waals surface area (Å²) in [7, 11) is -4.31. The van der Waals surface area contributed by atoms with Crippen molar-refractivity contribution in [3.05, 3.63) is 58.9 Å². The summed E-state index contributed by atoms with van der Waals surface area (Å²) in [5.41, 5.74) is 4.48. The zero-order valence-electron chi connectivity index (χ0n) is 11.7. The van der Waals surface area contributed by atoms with Crippen LogP contribution in [0.25, 0.3) is 0 Å². The molecule has 3 N–H and O–H groups in total. The van der Waals surface area contributed by atoms with E-state index in [2.05, 4.69) is 0 Å². The van der Waals surface area contributed by atoms with Gasteiger partial charge in [0.25, 0.3) is 10.0 Å². The third-order valence-electron chi connectivity index (χ3n) is 3.07. The SMILES string of the molecule is Cc1c(F)cc(C(N)=O)cc1NS(=O)(=O)c1ccc(F)c(F)c1. The Morgan fingerprint density at radius 1 is 1.04 bits per heavy atom. The molecule has 0 atom stereocenters. The van der Waals surface area contributed by atoms with E-state index in [9.17, 15) is 26.4 Å². The van der Waals surface area contributed by atoms with Crippen molar-refractivity contribution in [3.8, 4) is 0 Å². The Morgan fingerprint density at radius 2 is 1.70 bits per heavy atom. The van der Waals surface area contributed by atoms with Gasteiger partial charge in [-0.15, -0.1) is 0 Å². The Morgan fingerprint density at radius 3 is 2.26 bits per heavy atom. The van der Waals surface area contributed by atoms with Gasteiger partial charge in [-0.2, -0.15) is 0 Å². The van der Waals surface area contributed by atoms with Crippen molar-refractivity contribution in [2.24, 2.45) is 5.73 Å². The van der Waals surface area contributed by atoms with Gasteiger partial charge in [0.15, 0.2) is 11.6 Å². The fourth-order valence-electron chi connectivity index (χ4n) is 1.77. The van der Waals surface area contributed by atoms with E-state index in [1.165, 1.54) is 6.92 Å². The van der Waals surface area contributed by atoms with E-state index in [-0.39, 0.29) is 16.8 Å². The second-order valence-electron chi connectivity index (χ2n) is 4.68. The average molecular weight is 344 g/mol. The van der Waals surface area contributed by atoms with Crippen molar-refractivity contribution in [1.82, 2.24) is 0 Å². The number of primary amides is 1. The summed E-state index contributed by atoms with van der Waals surface area (Å²) >= 11 is 0. The first-order valence-corrected chi connectivity index (χ1v) is 7.68. The molecule has 5 nitrogen and oxygen atoms in total. The largest absolute Gasteiger partial charge is 0.366 e. The third-order valence-corrected chi connectivity index (χ3v) is 4.44. The number of nitrogens with two attached hydrogens (primary N) is 1. The Labute approximate surface area is 130 Å². The van der Waals surface area contributed by atoms with Crippen molar-refractivity contribution in [2.75, 3.05) is 4.72 Å². The molecule has 23 heavy (non-hydrogen) atoms. The molecule has 0 bridgehead atoms. The number of amides is 1. The molecular formula is C14H11F3N2O3S. The normalized spacial score (nSPS) is 11.3. The van der Waals surface area contributed by atoms with Crippen LogP contribution in [-0.4, -0.2) is 14.3 Å². The second kappa shape index (κ2) is 5.92. The summed E-state index contributed by atoms with van der Waals surface area (Å²) in [4.78, 5) is 10.6. The van der Waals surface area contributed by atoms with Crippen LogP contribution in [0.1, 0.15) is 15.9 Å². The number of nitrogens with one attached hydrogen (secondary N) is 1. The number of benzene rings is 2. The molecular weight excluding hydrogens is 333 g/mol. The standard InChI is InChI=1S/C14H11F3N2O3S/c1-7-11(16)4-8(14(18)20)5-13(7)19-23(21,22)9-2-3-10(15)12(17)6-9/h2-6,19H,1H3,(H2,18,20). The van der Waals surface area contributed by atoms with E-state index in [0.717, 1.165) is 18.2 Å². The smallest absolute Gasteiger partial charge is 0.262 e. The van der Waals surface area contributed by atoms with Gasteiger partial charge in [0, 0.05) is 11.1 Å². The second-order valence-corrected chi connectivity index (χ2v) is 6.36. The van der Waals surface area contributed by atoms with Crippen molar-refractivity contribution >= 4 is 21.6 Å². The Kier molecular flexibility index (Phi) is 4.33. The Hall–Kier alpha value is -2.55. The monoisotopic (exact) mass is 344 g/mol. The van der Waals surface area contributed by atoms with Crippen LogP contribution >= 0.6 is 0 Å². The highest BCUT2D eigenvalue weighted by atomic mass is 32.2. The van der Waals surface area contributed by atoms with Crippen molar-refractivity contribution < 1.29 is 26.4 Å². The van der Waals surface area contributed by atoms with Gasteiger partial charge in [0.1, 0.15) is 5.82 Å². The minimum Gasteiger partial charge on any atom is -0.366 e. The highest BCUT2D eigenvalue weighted by Gasteiger charge is 2.19. The van der Waals surface area contributed by atoms with Gasteiger partial charge in [-0.1, -0.05) is 0 Å². The number of anilines is 1. The summed E-state index contributed by atoms with van der Waals surface area (Å²) < 4.78 is 66.2. The topological polar surface area (TPSA) is 89.3 Å². The summed E-state index contributed by atoms with van der Waals surface area (Å²) in [5.74, 6) is -4.34. The fourth-order valence-corrected chi connectivity index (χ4v) is 2.90. The van der Waals surface area contributed by atoms with Crippen molar-refractivity contribution in [2.45, 2.75) is 11.8 Å². The molecule has 0 aromatic heterocycles. The molecule has 9 heteroatoms. The van der Waals surface area contributed by atoms with Crippen LogP contribution < -0.4 is 10.5 Å². The molecule has 0 saturated heterocycles. The molecule has 0 aliphatic carbocycles. The van der Waals surface area contributed by atoms with E-state index in [4.69, 9.17) is 5.73 Å². The third kappa shape index (κ3) is 3.45. The lowest BCUT2D eigenvalue weighted by atomic mass is 10.1. The van der Waals surface area contributed by atoms with Gasteiger partial charge < -0.3 is 5.73 Å². The van der Waals surface area contributed by atoms with E-state index < -0.39 is 38.3 Å². The predicted octanol–water partition coefficient (Wildman–Crippen LogP) is 2.31. The fraction of sp³-hybridized carbons (Fsp3) is 0.0714. The zero-order valence-corrected chi connectivity index (χ0v) is 12.5. The zero-order chi connectivity index (χ0) is 17.4. The van der Waals surface area contributed by atoms with Crippen LogP contribution in [0.5, 0.6) is 0 Å². The summed E-state index contributed by atoms with van der Waals surface area (Å²) in [6.07, 6.45) is 0. The van der Waals surface area contributed by atoms with Crippen LogP contribution in [0.3, 0.4) is 0 Å². The maximum Gasteiger partial charge on any atom is 0.262 e. The number of hydrogen-bond donors (Lipinski definition) is 2. The first-order valence-electron chi connectivity index (χ1n) is 6.19. The molecule has 0 spiro atoms. The van der Waals surface area contributed by atoms with Crippen LogP contribution in [0.15, 0.2) is 35.2 Å². The van der Waals surface area contributed by atoms with Gasteiger partial charge in [0.2, 0.25) is 5.91 Å². The van der Waals surface area contributed by atoms with Gasteiger partial charge in [-0.05, 0) is 37.3 Å². The van der Waals surface area contributed by atoms with E-state index in [1.54, 1.807) is 0 Å². The Bertz CT molecular complexity index is 898. The van der Waals surface area contributed by atoms with Crippen LogP contribution in [-0.2, 0) is 10.0 Å². The first kappa shape index (κ1) is 16.8. The molecule has 2 aromatic rings. The van der Waals surface area contributed by atoms with Crippen molar-refractivity contribution in [3.63, 3.8) is 0 Å². The molecule has 122 valence electrons. The van der Waals surface area contributed by atoms with Gasteiger partial charge >= 0.3 is 0 Å². The van der Waals surface area contributed by atoms with Gasteiger partial charge in [-0.25, -0.2) is 21.6 Å². The minimum atomic E-state index is -4.31. The summed E-state index contributed by atoms with van der Waals surface area (Å²) in [6.45, 7) is 1.28. The predicted molar refractivity (Wildman–Crippen MR) is 76.8 cm³/mol. The van der Waals surface area contributed by atoms with Gasteiger partial charge in [0.05, 0.1) is 10.6 Å². The molecule has 2 rings (SSSR count). The molecule has 0 fully saturated rings. The number of carbonyl (C=O) groups excluding carboxylic acids is 1. The molecule has 2 aromatic carbocycles. The van der Waals surface area contributed by atoms with E-state index >= 15 is 0 Å².